The van der Waals surface area contributed by atoms with Crippen LogP contribution in [0.1, 0.15) is 37.7 Å². The molecule has 31 heavy (non-hydrogen) atoms. The molecule has 0 spiro atoms. The summed E-state index contributed by atoms with van der Waals surface area (Å²) in [4.78, 5) is 12.3. The molecule has 0 aromatic heterocycles. The summed E-state index contributed by atoms with van der Waals surface area (Å²) in [6.07, 6.45) is 5.02. The lowest BCUT2D eigenvalue weighted by Crippen LogP contribution is -2.36. The first kappa shape index (κ1) is 21.5. The van der Waals surface area contributed by atoms with E-state index in [4.69, 9.17) is 14.2 Å². The molecular formula is C22H26N2O6S. The Morgan fingerprint density at radius 2 is 1.74 bits per heavy atom. The molecule has 1 heterocycles. The number of hydrogen-bond donors (Lipinski definition) is 2. The summed E-state index contributed by atoms with van der Waals surface area (Å²) in [5.41, 5.74) is 0.887. The molecule has 0 bridgehead atoms. The molecule has 166 valence electrons. The molecule has 2 N–H and O–H groups in total. The van der Waals surface area contributed by atoms with E-state index >= 15 is 0 Å². The largest absolute Gasteiger partial charge is 0.484 e. The molecule has 1 aliphatic heterocycles. The number of sulfonamides is 1. The van der Waals surface area contributed by atoms with E-state index in [1.807, 2.05) is 12.1 Å². The number of rotatable bonds is 8. The van der Waals surface area contributed by atoms with Gasteiger partial charge in [-0.25, -0.2) is 13.1 Å². The minimum Gasteiger partial charge on any atom is -0.484 e. The van der Waals surface area contributed by atoms with E-state index in [0.29, 0.717) is 23.8 Å². The van der Waals surface area contributed by atoms with E-state index < -0.39 is 10.0 Å². The lowest BCUT2D eigenvalue weighted by atomic mass is 9.96. The normalized spacial score (nSPS) is 16.1. The van der Waals surface area contributed by atoms with Gasteiger partial charge in [-0.15, -0.1) is 0 Å². The van der Waals surface area contributed by atoms with Crippen LogP contribution in [-0.4, -0.2) is 33.8 Å². The molecule has 8 nitrogen and oxygen atoms in total. The molecule has 4 rings (SSSR count). The fourth-order valence-electron chi connectivity index (χ4n) is 3.67. The van der Waals surface area contributed by atoms with Gasteiger partial charge >= 0.3 is 0 Å². The third-order valence-electron chi connectivity index (χ3n) is 5.36. The van der Waals surface area contributed by atoms with Crippen LogP contribution in [0.5, 0.6) is 17.2 Å². The van der Waals surface area contributed by atoms with Crippen molar-refractivity contribution in [2.45, 2.75) is 49.6 Å². The Kier molecular flexibility index (Phi) is 6.62. The van der Waals surface area contributed by atoms with E-state index in [-0.39, 0.29) is 30.2 Å². The van der Waals surface area contributed by atoms with Gasteiger partial charge in [0.1, 0.15) is 5.75 Å². The van der Waals surface area contributed by atoms with Crippen molar-refractivity contribution in [3.63, 3.8) is 0 Å². The maximum Gasteiger partial charge on any atom is 0.258 e. The first-order valence-electron chi connectivity index (χ1n) is 10.4. The van der Waals surface area contributed by atoms with Gasteiger partial charge in [0.05, 0.1) is 4.90 Å². The van der Waals surface area contributed by atoms with Gasteiger partial charge in [-0.1, -0.05) is 25.3 Å². The number of fused-ring (bicyclic) bond motifs is 1. The van der Waals surface area contributed by atoms with Crippen molar-refractivity contribution in [1.29, 1.82) is 0 Å². The topological polar surface area (TPSA) is 103 Å². The average molecular weight is 447 g/mol. The molecule has 0 radical (unpaired) electrons. The van der Waals surface area contributed by atoms with E-state index in [1.54, 1.807) is 18.2 Å². The molecule has 1 saturated carbocycles. The first-order chi connectivity index (χ1) is 15.0. The first-order valence-corrected chi connectivity index (χ1v) is 11.9. The smallest absolute Gasteiger partial charge is 0.258 e. The summed E-state index contributed by atoms with van der Waals surface area (Å²) in [5.74, 6) is 1.50. The van der Waals surface area contributed by atoms with E-state index in [1.165, 1.54) is 12.1 Å². The predicted octanol–water partition coefficient (Wildman–Crippen LogP) is 2.72. The molecule has 9 heteroatoms. The van der Waals surface area contributed by atoms with Crippen LogP contribution < -0.4 is 24.2 Å². The van der Waals surface area contributed by atoms with Crippen molar-refractivity contribution in [3.8, 4) is 17.2 Å². The minimum atomic E-state index is -3.56. The fourth-order valence-corrected chi connectivity index (χ4v) is 4.98. The van der Waals surface area contributed by atoms with Gasteiger partial charge in [-0.05, 0) is 54.8 Å². The third-order valence-corrected chi connectivity index (χ3v) is 6.89. The zero-order valence-electron chi connectivity index (χ0n) is 17.1. The summed E-state index contributed by atoms with van der Waals surface area (Å²) >= 11 is 0. The SMILES string of the molecule is O=C(COc1ccc(S(=O)(=O)NC2CCCCC2)cc1)NCc1ccc2c(c1)OCO2. The third kappa shape index (κ3) is 5.68. The number of nitrogens with one attached hydrogen (secondary N) is 2. The Bertz CT molecular complexity index is 1020. The van der Waals surface area contributed by atoms with Crippen molar-refractivity contribution in [2.75, 3.05) is 13.4 Å². The summed E-state index contributed by atoms with van der Waals surface area (Å²) in [6.45, 7) is 0.371. The van der Waals surface area contributed by atoms with Crippen LogP contribution in [0.25, 0.3) is 0 Å². The molecule has 1 amide bonds. The Balaban J connectivity index is 1.24. The van der Waals surface area contributed by atoms with Gasteiger partial charge in [-0.2, -0.15) is 0 Å². The summed E-state index contributed by atoms with van der Waals surface area (Å²) in [7, 11) is -3.56. The minimum absolute atomic E-state index is 0.00290. The van der Waals surface area contributed by atoms with Gasteiger partial charge in [0.2, 0.25) is 16.8 Å². The number of hydrogen-bond acceptors (Lipinski definition) is 6. The highest BCUT2D eigenvalue weighted by Gasteiger charge is 2.21. The molecular weight excluding hydrogens is 420 g/mol. The standard InChI is InChI=1S/C22H26N2O6S/c25-22(23-13-16-6-11-20-21(12-16)30-15-29-20)14-28-18-7-9-19(10-8-18)31(26,27)24-17-4-2-1-3-5-17/h6-12,17,24H,1-5,13-15H2,(H,23,25). The maximum absolute atomic E-state index is 12.5. The highest BCUT2D eigenvalue weighted by Crippen LogP contribution is 2.32. The van der Waals surface area contributed by atoms with Gasteiger partial charge in [-0.3, -0.25) is 4.79 Å². The van der Waals surface area contributed by atoms with Crippen LogP contribution in [0.3, 0.4) is 0 Å². The van der Waals surface area contributed by atoms with Crippen LogP contribution >= 0.6 is 0 Å². The van der Waals surface area contributed by atoms with Crippen molar-refractivity contribution in [2.24, 2.45) is 0 Å². The zero-order valence-corrected chi connectivity index (χ0v) is 17.9. The predicted molar refractivity (Wildman–Crippen MR) is 114 cm³/mol. The lowest BCUT2D eigenvalue weighted by molar-refractivity contribution is -0.123. The summed E-state index contributed by atoms with van der Waals surface area (Å²) < 4.78 is 43.9. The molecule has 2 aromatic carbocycles. The van der Waals surface area contributed by atoms with E-state index in [2.05, 4.69) is 10.0 Å². The van der Waals surface area contributed by atoms with E-state index in [0.717, 1.165) is 37.7 Å². The van der Waals surface area contributed by atoms with Gasteiger partial charge in [0, 0.05) is 12.6 Å². The highest BCUT2D eigenvalue weighted by atomic mass is 32.2. The molecule has 1 fully saturated rings. The van der Waals surface area contributed by atoms with Crippen molar-refractivity contribution in [1.82, 2.24) is 10.0 Å². The molecule has 0 saturated heterocycles. The molecule has 0 unspecified atom stereocenters. The Labute approximate surface area is 181 Å². The summed E-state index contributed by atoms with van der Waals surface area (Å²) in [6, 6.07) is 11.6. The Morgan fingerprint density at radius 1 is 1.00 bits per heavy atom. The van der Waals surface area contributed by atoms with Gasteiger partial charge in [0.15, 0.2) is 18.1 Å². The second kappa shape index (κ2) is 9.57. The number of ether oxygens (including phenoxy) is 3. The van der Waals surface area contributed by atoms with Gasteiger partial charge < -0.3 is 19.5 Å². The van der Waals surface area contributed by atoms with Crippen molar-refractivity contribution < 1.29 is 27.4 Å². The number of carbonyl (C=O) groups excluding carboxylic acids is 1. The second-order valence-electron chi connectivity index (χ2n) is 7.68. The second-order valence-corrected chi connectivity index (χ2v) is 9.39. The number of amides is 1. The van der Waals surface area contributed by atoms with Crippen molar-refractivity contribution in [3.05, 3.63) is 48.0 Å². The van der Waals surface area contributed by atoms with Crippen molar-refractivity contribution >= 4 is 15.9 Å². The molecule has 2 aliphatic rings. The highest BCUT2D eigenvalue weighted by molar-refractivity contribution is 7.89. The zero-order chi connectivity index (χ0) is 21.7. The number of benzene rings is 2. The van der Waals surface area contributed by atoms with Crippen LogP contribution in [0, 0.1) is 0 Å². The Hall–Kier alpha value is -2.78. The molecule has 1 aliphatic carbocycles. The van der Waals surface area contributed by atoms with Crippen LogP contribution in [0.15, 0.2) is 47.4 Å². The fraction of sp³-hybridized carbons (Fsp3) is 0.409. The monoisotopic (exact) mass is 446 g/mol. The molecule has 0 atom stereocenters. The Morgan fingerprint density at radius 3 is 2.52 bits per heavy atom. The maximum atomic E-state index is 12.5. The summed E-state index contributed by atoms with van der Waals surface area (Å²) in [5, 5.41) is 2.78. The van der Waals surface area contributed by atoms with Gasteiger partial charge in [0.25, 0.3) is 5.91 Å². The average Bonchev–Trinajstić information content (AvgIpc) is 3.25. The van der Waals surface area contributed by atoms with Crippen LogP contribution in [0.4, 0.5) is 0 Å². The van der Waals surface area contributed by atoms with E-state index in [9.17, 15) is 13.2 Å². The van der Waals surface area contributed by atoms with Crippen LogP contribution in [-0.2, 0) is 21.4 Å². The number of carbonyl (C=O) groups is 1. The lowest BCUT2D eigenvalue weighted by Gasteiger charge is -2.22. The molecule has 2 aromatic rings. The van der Waals surface area contributed by atoms with Crippen LogP contribution in [0.2, 0.25) is 0 Å². The quantitative estimate of drug-likeness (QED) is 0.646.